The lowest BCUT2D eigenvalue weighted by molar-refractivity contribution is 0.488. The molecule has 6 rings (SSSR count). The van der Waals surface area contributed by atoms with Crippen molar-refractivity contribution in [1.82, 2.24) is 19.9 Å². The van der Waals surface area contributed by atoms with Gasteiger partial charge in [-0.25, -0.2) is 9.97 Å². The van der Waals surface area contributed by atoms with E-state index >= 15 is 0 Å². The average molecular weight is 641 g/mol. The van der Waals surface area contributed by atoms with Crippen molar-refractivity contribution >= 4 is 57.1 Å². The highest BCUT2D eigenvalue weighted by molar-refractivity contribution is 7.99. The summed E-state index contributed by atoms with van der Waals surface area (Å²) < 4.78 is 5.81. The predicted octanol–water partition coefficient (Wildman–Crippen LogP) is 9.64. The van der Waals surface area contributed by atoms with Crippen LogP contribution in [0.3, 0.4) is 0 Å². The van der Waals surface area contributed by atoms with Crippen LogP contribution in [0.25, 0.3) is 21.8 Å². The number of anilines is 4. The van der Waals surface area contributed by atoms with E-state index in [1.807, 2.05) is 140 Å². The summed E-state index contributed by atoms with van der Waals surface area (Å²) in [6, 6.07) is 30.9. The second kappa shape index (κ2) is 21.6. The quantitative estimate of drug-likeness (QED) is 0.146. The minimum atomic E-state index is 0.155. The Morgan fingerprint density at radius 3 is 1.48 bits per heavy atom. The van der Waals surface area contributed by atoms with Gasteiger partial charge in [-0.1, -0.05) is 116 Å². The van der Waals surface area contributed by atoms with Crippen LogP contribution in [0.1, 0.15) is 55.4 Å². The molecule has 0 aliphatic heterocycles. The van der Waals surface area contributed by atoms with Gasteiger partial charge in [0.05, 0.1) is 21.8 Å². The summed E-state index contributed by atoms with van der Waals surface area (Å²) in [5.74, 6) is 2.43. The first-order valence-electron chi connectivity index (χ1n) is 15.6. The molecule has 0 amide bonds. The van der Waals surface area contributed by atoms with Gasteiger partial charge in [-0.2, -0.15) is 9.97 Å². The van der Waals surface area contributed by atoms with E-state index in [4.69, 9.17) is 27.7 Å². The number of nitrogens with two attached hydrogens (primary N) is 4. The van der Waals surface area contributed by atoms with Gasteiger partial charge >= 0.3 is 0 Å². The fraction of sp³-hybridized carbons (Fsp3) is 0.222. The topological polar surface area (TPSA) is 165 Å². The molecule has 2 aromatic heterocycles. The zero-order valence-corrected chi connectivity index (χ0v) is 29.0. The Hall–Kier alpha value is -5.09. The summed E-state index contributed by atoms with van der Waals surface area (Å²) in [4.78, 5) is 18.5. The van der Waals surface area contributed by atoms with Crippen molar-refractivity contribution in [2.45, 2.75) is 65.2 Å². The molecule has 0 fully saturated rings. The normalized spacial score (nSPS) is 9.30. The van der Waals surface area contributed by atoms with Crippen LogP contribution >= 0.6 is 11.8 Å². The highest BCUT2D eigenvalue weighted by Gasteiger charge is 2.11. The molecule has 46 heavy (non-hydrogen) atoms. The second-order valence-electron chi connectivity index (χ2n) is 8.06. The highest BCUT2D eigenvalue weighted by atomic mass is 32.2. The van der Waals surface area contributed by atoms with E-state index in [1.54, 1.807) is 11.8 Å². The molecule has 2 heterocycles. The lowest BCUT2D eigenvalue weighted by Crippen LogP contribution is -2.01. The third-order valence-corrected chi connectivity index (χ3v) is 6.47. The van der Waals surface area contributed by atoms with Crippen LogP contribution < -0.4 is 27.7 Å². The van der Waals surface area contributed by atoms with Gasteiger partial charge in [0.15, 0.2) is 0 Å². The molecule has 6 aromatic rings. The number of fused-ring (bicyclic) bond motifs is 2. The summed E-state index contributed by atoms with van der Waals surface area (Å²) in [5.41, 5.74) is 24.5. The van der Waals surface area contributed by atoms with E-state index in [1.165, 1.54) is 0 Å². The van der Waals surface area contributed by atoms with E-state index in [0.29, 0.717) is 28.3 Å². The molecule has 244 valence electrons. The predicted molar refractivity (Wildman–Crippen MR) is 199 cm³/mol. The molecule has 4 aromatic carbocycles. The van der Waals surface area contributed by atoms with Gasteiger partial charge in [-0.3, -0.25) is 0 Å². The molecule has 9 nitrogen and oxygen atoms in total. The Kier molecular flexibility index (Phi) is 18.3. The largest absolute Gasteiger partial charge is 0.457 e. The third kappa shape index (κ3) is 11.1. The van der Waals surface area contributed by atoms with Gasteiger partial charge in [0.1, 0.15) is 23.1 Å². The standard InChI is InChI=1S/C14H12N4O.C14H12N4S.4C2H6/c2*15-13-12-10(17-14(16)18-13)7-4-8-11(12)19-9-5-2-1-3-6-9;4*1-2/h2*1-8H,(H4,15,16,17,18);4*1-2H3. The molecule has 0 aliphatic carbocycles. The van der Waals surface area contributed by atoms with Crippen LogP contribution in [0.5, 0.6) is 11.5 Å². The van der Waals surface area contributed by atoms with Crippen molar-refractivity contribution in [3.8, 4) is 11.5 Å². The lowest BCUT2D eigenvalue weighted by atomic mass is 10.2. The van der Waals surface area contributed by atoms with Gasteiger partial charge in [-0.15, -0.1) is 0 Å². The Balaban J connectivity index is 0.000000379. The maximum Gasteiger partial charge on any atom is 0.222 e. The van der Waals surface area contributed by atoms with E-state index in [-0.39, 0.29) is 11.9 Å². The number of ether oxygens (including phenoxy) is 1. The van der Waals surface area contributed by atoms with E-state index < -0.39 is 0 Å². The molecule has 0 radical (unpaired) electrons. The Morgan fingerprint density at radius 2 is 0.935 bits per heavy atom. The number of benzene rings is 4. The second-order valence-corrected chi connectivity index (χ2v) is 9.18. The fourth-order valence-electron chi connectivity index (χ4n) is 3.80. The first kappa shape index (κ1) is 38.9. The smallest absolute Gasteiger partial charge is 0.222 e. The van der Waals surface area contributed by atoms with Crippen LogP contribution in [0.15, 0.2) is 107 Å². The lowest BCUT2D eigenvalue weighted by Gasteiger charge is -2.10. The van der Waals surface area contributed by atoms with Crippen molar-refractivity contribution in [2.75, 3.05) is 22.9 Å². The van der Waals surface area contributed by atoms with Gasteiger partial charge in [-0.05, 0) is 48.5 Å². The molecule has 0 unspecified atom stereocenters. The molecule has 0 saturated heterocycles. The van der Waals surface area contributed by atoms with Crippen molar-refractivity contribution in [2.24, 2.45) is 0 Å². The number of nitrogen functional groups attached to an aromatic ring is 4. The number of rotatable bonds is 4. The molecule has 0 atom stereocenters. The SMILES string of the molecule is CC.CC.CC.CC.Nc1nc(N)c2c(Oc3ccccc3)cccc2n1.Nc1nc(N)c2c(Sc3ccccc3)cccc2n1. The van der Waals surface area contributed by atoms with E-state index in [9.17, 15) is 0 Å². The molecule has 0 bridgehead atoms. The number of aromatic nitrogens is 4. The van der Waals surface area contributed by atoms with Crippen molar-refractivity contribution in [3.63, 3.8) is 0 Å². The number of nitrogens with zero attached hydrogens (tertiary/aromatic N) is 4. The monoisotopic (exact) mass is 640 g/mol. The first-order valence-corrected chi connectivity index (χ1v) is 16.4. The molecular formula is C36H48N8OS. The van der Waals surface area contributed by atoms with Crippen molar-refractivity contribution in [1.29, 1.82) is 0 Å². The summed E-state index contributed by atoms with van der Waals surface area (Å²) in [5, 5.41) is 1.52. The van der Waals surface area contributed by atoms with Crippen LogP contribution in [0.4, 0.5) is 23.5 Å². The zero-order chi connectivity index (χ0) is 34.5. The van der Waals surface area contributed by atoms with Crippen LogP contribution in [0, 0.1) is 0 Å². The van der Waals surface area contributed by atoms with Crippen LogP contribution in [-0.4, -0.2) is 19.9 Å². The van der Waals surface area contributed by atoms with Gasteiger partial charge in [0, 0.05) is 9.79 Å². The minimum absolute atomic E-state index is 0.155. The van der Waals surface area contributed by atoms with Crippen LogP contribution in [0.2, 0.25) is 0 Å². The molecule has 0 saturated carbocycles. The zero-order valence-electron chi connectivity index (χ0n) is 28.2. The Bertz CT molecular complexity index is 1590. The summed E-state index contributed by atoms with van der Waals surface area (Å²) in [6.07, 6.45) is 0. The first-order chi connectivity index (χ1) is 22.5. The summed E-state index contributed by atoms with van der Waals surface area (Å²) >= 11 is 1.64. The molecule has 0 spiro atoms. The number of hydrogen-bond acceptors (Lipinski definition) is 10. The minimum Gasteiger partial charge on any atom is -0.457 e. The van der Waals surface area contributed by atoms with Crippen molar-refractivity contribution < 1.29 is 4.74 Å². The molecular weight excluding hydrogens is 593 g/mol. The molecule has 0 aliphatic rings. The number of hydrogen-bond donors (Lipinski definition) is 4. The fourth-order valence-corrected chi connectivity index (χ4v) is 4.80. The third-order valence-electron chi connectivity index (χ3n) is 5.40. The van der Waals surface area contributed by atoms with E-state index in [2.05, 4.69) is 32.1 Å². The molecule has 10 heteroatoms. The van der Waals surface area contributed by atoms with Gasteiger partial charge in [0.2, 0.25) is 11.9 Å². The molecule has 8 N–H and O–H groups in total. The van der Waals surface area contributed by atoms with Crippen LogP contribution in [-0.2, 0) is 0 Å². The number of para-hydroxylation sites is 1. The Labute approximate surface area is 277 Å². The highest BCUT2D eigenvalue weighted by Crippen LogP contribution is 2.35. The Morgan fingerprint density at radius 1 is 0.478 bits per heavy atom. The maximum absolute atomic E-state index is 5.97. The summed E-state index contributed by atoms with van der Waals surface area (Å²) in [6.45, 7) is 16.0. The van der Waals surface area contributed by atoms with Gasteiger partial charge < -0.3 is 27.7 Å². The maximum atomic E-state index is 5.97. The average Bonchev–Trinajstić information content (AvgIpc) is 3.09. The van der Waals surface area contributed by atoms with Gasteiger partial charge in [0.25, 0.3) is 0 Å². The van der Waals surface area contributed by atoms with E-state index in [0.717, 1.165) is 26.4 Å². The van der Waals surface area contributed by atoms with Crippen molar-refractivity contribution in [3.05, 3.63) is 97.1 Å². The summed E-state index contributed by atoms with van der Waals surface area (Å²) in [7, 11) is 0.